The Morgan fingerprint density at radius 1 is 1.04 bits per heavy atom. The van der Waals surface area contributed by atoms with Gasteiger partial charge in [0.05, 0.1) is 7.11 Å². The molecule has 0 aliphatic heterocycles. The lowest BCUT2D eigenvalue weighted by Gasteiger charge is -2.17. The van der Waals surface area contributed by atoms with Crippen LogP contribution in [0.1, 0.15) is 6.92 Å². The van der Waals surface area contributed by atoms with E-state index in [0.717, 1.165) is 0 Å². The van der Waals surface area contributed by atoms with E-state index in [2.05, 4.69) is 15.4 Å². The molecule has 1 unspecified atom stereocenters. The molecule has 2 N–H and O–H groups in total. The van der Waals surface area contributed by atoms with Gasteiger partial charge in [-0.3, -0.25) is 4.79 Å². The van der Waals surface area contributed by atoms with Crippen molar-refractivity contribution in [2.75, 3.05) is 17.7 Å². The number of carbonyl (C=O) groups excluding carboxylic acids is 1. The second-order valence-electron chi connectivity index (χ2n) is 4.97. The molecule has 128 valence electrons. The van der Waals surface area contributed by atoms with Crippen LogP contribution >= 0.6 is 0 Å². The normalized spacial score (nSPS) is 11.7. The van der Waals surface area contributed by atoms with E-state index in [-0.39, 0.29) is 17.4 Å². The molecule has 0 aromatic heterocycles. The van der Waals surface area contributed by atoms with Crippen molar-refractivity contribution in [1.82, 2.24) is 0 Å². The van der Waals surface area contributed by atoms with E-state index in [1.165, 1.54) is 19.2 Å². The van der Waals surface area contributed by atoms with Gasteiger partial charge in [0.15, 0.2) is 11.5 Å². The maximum atomic E-state index is 12.4. The Kier molecular flexibility index (Phi) is 5.95. The summed E-state index contributed by atoms with van der Waals surface area (Å²) < 4.78 is 34.3. The smallest absolute Gasteiger partial charge is 0.387 e. The molecule has 0 heterocycles. The molecule has 5 nitrogen and oxygen atoms in total. The quantitative estimate of drug-likeness (QED) is 0.809. The number of nitrogens with one attached hydrogen (secondary N) is 2. The summed E-state index contributed by atoms with van der Waals surface area (Å²) in [6, 6.07) is 12.9. The predicted octanol–water partition coefficient (Wildman–Crippen LogP) is 3.74. The summed E-state index contributed by atoms with van der Waals surface area (Å²) in [5, 5.41) is 5.69. The van der Waals surface area contributed by atoms with Crippen LogP contribution in [0.5, 0.6) is 11.5 Å². The first kappa shape index (κ1) is 17.5. The van der Waals surface area contributed by atoms with Crippen LogP contribution in [0.3, 0.4) is 0 Å². The molecule has 7 heteroatoms. The summed E-state index contributed by atoms with van der Waals surface area (Å²) in [6.45, 7) is -1.30. The summed E-state index contributed by atoms with van der Waals surface area (Å²) in [5.74, 6) is -0.177. The van der Waals surface area contributed by atoms with Gasteiger partial charge in [-0.1, -0.05) is 18.2 Å². The molecule has 0 spiro atoms. The number of amides is 1. The number of para-hydroxylation sites is 1. The van der Waals surface area contributed by atoms with Crippen molar-refractivity contribution in [2.45, 2.75) is 19.6 Å². The third kappa shape index (κ3) is 4.84. The molecule has 0 radical (unpaired) electrons. The summed E-state index contributed by atoms with van der Waals surface area (Å²) in [5.41, 5.74) is 1.13. The average Bonchev–Trinajstić information content (AvgIpc) is 2.55. The van der Waals surface area contributed by atoms with E-state index in [4.69, 9.17) is 4.74 Å². The Labute approximate surface area is 138 Å². The molecule has 0 aliphatic rings. The summed E-state index contributed by atoms with van der Waals surface area (Å²) in [4.78, 5) is 12.2. The van der Waals surface area contributed by atoms with Crippen LogP contribution < -0.4 is 20.1 Å². The number of carbonyl (C=O) groups is 1. The minimum Gasteiger partial charge on any atom is -0.493 e. The number of anilines is 2. The van der Waals surface area contributed by atoms with Crippen LogP contribution in [0.15, 0.2) is 48.5 Å². The van der Waals surface area contributed by atoms with Gasteiger partial charge in [0.2, 0.25) is 5.91 Å². The van der Waals surface area contributed by atoms with Crippen LogP contribution in [0.2, 0.25) is 0 Å². The molecule has 2 aromatic carbocycles. The molecular formula is C17H18F2N2O3. The van der Waals surface area contributed by atoms with Crippen molar-refractivity contribution in [3.05, 3.63) is 48.5 Å². The Balaban J connectivity index is 2.05. The van der Waals surface area contributed by atoms with Crippen molar-refractivity contribution >= 4 is 17.3 Å². The molecule has 1 atom stereocenters. The SMILES string of the molecule is COc1ccc(NC(C)C(=O)Nc2ccccc2)cc1OC(F)F. The molecule has 0 saturated carbocycles. The summed E-state index contributed by atoms with van der Waals surface area (Å²) in [6.07, 6.45) is 0. The highest BCUT2D eigenvalue weighted by molar-refractivity contribution is 5.96. The zero-order valence-corrected chi connectivity index (χ0v) is 13.3. The van der Waals surface area contributed by atoms with Crippen molar-refractivity contribution in [3.8, 4) is 11.5 Å². The van der Waals surface area contributed by atoms with Crippen molar-refractivity contribution in [2.24, 2.45) is 0 Å². The zero-order valence-electron chi connectivity index (χ0n) is 13.3. The van der Waals surface area contributed by atoms with Crippen molar-refractivity contribution < 1.29 is 23.0 Å². The maximum absolute atomic E-state index is 12.4. The van der Waals surface area contributed by atoms with Gasteiger partial charge in [-0.05, 0) is 31.2 Å². The lowest BCUT2D eigenvalue weighted by atomic mass is 10.2. The van der Waals surface area contributed by atoms with Gasteiger partial charge in [-0.15, -0.1) is 0 Å². The first-order valence-corrected chi connectivity index (χ1v) is 7.25. The summed E-state index contributed by atoms with van der Waals surface area (Å²) in [7, 11) is 1.36. The maximum Gasteiger partial charge on any atom is 0.387 e. The fourth-order valence-corrected chi connectivity index (χ4v) is 2.04. The fourth-order valence-electron chi connectivity index (χ4n) is 2.04. The number of alkyl halides is 2. The predicted molar refractivity (Wildman–Crippen MR) is 87.8 cm³/mol. The Morgan fingerprint density at radius 3 is 2.38 bits per heavy atom. The monoisotopic (exact) mass is 336 g/mol. The number of rotatable bonds is 7. The van der Waals surface area contributed by atoms with Crippen LogP contribution in [0.4, 0.5) is 20.2 Å². The van der Waals surface area contributed by atoms with Crippen LogP contribution in [-0.2, 0) is 4.79 Å². The van der Waals surface area contributed by atoms with E-state index in [0.29, 0.717) is 11.4 Å². The molecule has 0 bridgehead atoms. The second-order valence-corrected chi connectivity index (χ2v) is 4.97. The Bertz CT molecular complexity index is 681. The van der Waals surface area contributed by atoms with Gasteiger partial charge in [0, 0.05) is 17.4 Å². The first-order valence-electron chi connectivity index (χ1n) is 7.25. The molecule has 2 aromatic rings. The minimum absolute atomic E-state index is 0.104. The van der Waals surface area contributed by atoms with E-state index < -0.39 is 12.7 Å². The van der Waals surface area contributed by atoms with Gasteiger partial charge in [-0.2, -0.15) is 8.78 Å². The topological polar surface area (TPSA) is 59.6 Å². The van der Waals surface area contributed by atoms with E-state index in [9.17, 15) is 13.6 Å². The Morgan fingerprint density at radius 2 is 1.75 bits per heavy atom. The first-order chi connectivity index (χ1) is 11.5. The highest BCUT2D eigenvalue weighted by Gasteiger charge is 2.15. The van der Waals surface area contributed by atoms with Gasteiger partial charge < -0.3 is 20.1 Å². The third-order valence-electron chi connectivity index (χ3n) is 3.20. The number of ether oxygens (including phenoxy) is 2. The van der Waals surface area contributed by atoms with Crippen LogP contribution in [0, 0.1) is 0 Å². The second kappa shape index (κ2) is 8.14. The van der Waals surface area contributed by atoms with Gasteiger partial charge in [0.1, 0.15) is 6.04 Å². The number of halogens is 2. The molecular weight excluding hydrogens is 318 g/mol. The molecule has 0 fully saturated rings. The highest BCUT2D eigenvalue weighted by Crippen LogP contribution is 2.31. The number of hydrogen-bond donors (Lipinski definition) is 2. The lowest BCUT2D eigenvalue weighted by molar-refractivity contribution is -0.116. The highest BCUT2D eigenvalue weighted by atomic mass is 19.3. The van der Waals surface area contributed by atoms with Gasteiger partial charge in [-0.25, -0.2) is 0 Å². The third-order valence-corrected chi connectivity index (χ3v) is 3.20. The van der Waals surface area contributed by atoms with E-state index >= 15 is 0 Å². The Hall–Kier alpha value is -2.83. The largest absolute Gasteiger partial charge is 0.493 e. The van der Waals surface area contributed by atoms with E-state index in [1.807, 2.05) is 18.2 Å². The van der Waals surface area contributed by atoms with Gasteiger partial charge in [0.25, 0.3) is 0 Å². The zero-order chi connectivity index (χ0) is 17.5. The summed E-state index contributed by atoms with van der Waals surface area (Å²) >= 11 is 0. The lowest BCUT2D eigenvalue weighted by Crippen LogP contribution is -2.31. The average molecular weight is 336 g/mol. The van der Waals surface area contributed by atoms with Gasteiger partial charge >= 0.3 is 6.61 Å². The van der Waals surface area contributed by atoms with Crippen LogP contribution in [0.25, 0.3) is 0 Å². The van der Waals surface area contributed by atoms with Crippen molar-refractivity contribution in [1.29, 1.82) is 0 Å². The van der Waals surface area contributed by atoms with E-state index in [1.54, 1.807) is 25.1 Å². The number of methoxy groups -OCH3 is 1. The van der Waals surface area contributed by atoms with Crippen LogP contribution in [-0.4, -0.2) is 25.7 Å². The molecule has 24 heavy (non-hydrogen) atoms. The molecule has 2 rings (SSSR count). The number of hydrogen-bond acceptors (Lipinski definition) is 4. The minimum atomic E-state index is -2.96. The molecule has 1 amide bonds. The standard InChI is InChI=1S/C17H18F2N2O3/c1-11(16(22)21-12-6-4-3-5-7-12)20-13-8-9-14(23-2)15(10-13)24-17(18)19/h3-11,17,20H,1-2H3,(H,21,22). The molecule has 0 aliphatic carbocycles. The fraction of sp³-hybridized carbons (Fsp3) is 0.235. The van der Waals surface area contributed by atoms with Crippen molar-refractivity contribution in [3.63, 3.8) is 0 Å². The number of benzene rings is 2. The molecule has 0 saturated heterocycles.